The number of piperidine rings is 1. The van der Waals surface area contributed by atoms with Crippen molar-refractivity contribution in [2.24, 2.45) is 0 Å². The molecule has 1 aromatic heterocycles. The number of imidazole rings is 1. The molecule has 0 radical (unpaired) electrons. The van der Waals surface area contributed by atoms with Gasteiger partial charge in [0.1, 0.15) is 5.82 Å². The molecule has 0 aromatic carbocycles. The third kappa shape index (κ3) is 2.85. The number of aromatic nitrogens is 2. The van der Waals surface area contributed by atoms with Crippen molar-refractivity contribution < 1.29 is 0 Å². The number of hydrogen-bond donors (Lipinski definition) is 1. The van der Waals surface area contributed by atoms with Gasteiger partial charge in [0.2, 0.25) is 0 Å². The molecule has 1 N–H and O–H groups in total. The minimum atomic E-state index is 0.523. The SMILES string of the molecule is CC(C)c1nccn1CCC1CCCCN1. The predicted octanol–water partition coefficient (Wildman–Crippen LogP) is 2.54. The average molecular weight is 221 g/mol. The molecular formula is C13H23N3. The van der Waals surface area contributed by atoms with Crippen LogP contribution in [0, 0.1) is 0 Å². The van der Waals surface area contributed by atoms with E-state index in [1.54, 1.807) is 0 Å². The minimum absolute atomic E-state index is 0.523. The fraction of sp³-hybridized carbons (Fsp3) is 0.769. The number of nitrogens with zero attached hydrogens (tertiary/aromatic N) is 2. The lowest BCUT2D eigenvalue weighted by molar-refractivity contribution is 0.364. The van der Waals surface area contributed by atoms with Gasteiger partial charge in [-0.1, -0.05) is 20.3 Å². The van der Waals surface area contributed by atoms with Crippen LogP contribution >= 0.6 is 0 Å². The normalized spacial score (nSPS) is 21.6. The van der Waals surface area contributed by atoms with Gasteiger partial charge in [-0.15, -0.1) is 0 Å². The Labute approximate surface area is 98.3 Å². The number of aryl methyl sites for hydroxylation is 1. The van der Waals surface area contributed by atoms with Gasteiger partial charge in [0.15, 0.2) is 0 Å². The van der Waals surface area contributed by atoms with Crippen LogP contribution in [0.1, 0.15) is 51.3 Å². The molecule has 1 atom stereocenters. The zero-order valence-electron chi connectivity index (χ0n) is 10.4. The molecule has 1 aromatic rings. The lowest BCUT2D eigenvalue weighted by Gasteiger charge is -2.24. The van der Waals surface area contributed by atoms with E-state index in [9.17, 15) is 0 Å². The average Bonchev–Trinajstić information content (AvgIpc) is 2.76. The molecule has 0 bridgehead atoms. The second kappa shape index (κ2) is 5.48. The van der Waals surface area contributed by atoms with Crippen LogP contribution in [-0.2, 0) is 6.54 Å². The van der Waals surface area contributed by atoms with Crippen molar-refractivity contribution in [1.29, 1.82) is 0 Å². The highest BCUT2D eigenvalue weighted by atomic mass is 15.1. The summed E-state index contributed by atoms with van der Waals surface area (Å²) >= 11 is 0. The van der Waals surface area contributed by atoms with E-state index < -0.39 is 0 Å². The maximum absolute atomic E-state index is 4.42. The first-order chi connectivity index (χ1) is 7.77. The Kier molecular flexibility index (Phi) is 3.99. The molecule has 0 spiro atoms. The fourth-order valence-corrected chi connectivity index (χ4v) is 2.48. The van der Waals surface area contributed by atoms with E-state index in [1.807, 2.05) is 6.20 Å². The summed E-state index contributed by atoms with van der Waals surface area (Å²) in [6.07, 6.45) is 9.33. The largest absolute Gasteiger partial charge is 0.335 e. The van der Waals surface area contributed by atoms with Crippen LogP contribution in [0.3, 0.4) is 0 Å². The van der Waals surface area contributed by atoms with Crippen molar-refractivity contribution in [3.8, 4) is 0 Å². The van der Waals surface area contributed by atoms with Gasteiger partial charge in [0.05, 0.1) is 0 Å². The van der Waals surface area contributed by atoms with Crippen molar-refractivity contribution in [3.05, 3.63) is 18.2 Å². The standard InChI is InChI=1S/C13H23N3/c1-11(2)13-15-8-10-16(13)9-6-12-5-3-4-7-14-12/h8,10-12,14H,3-7,9H2,1-2H3. The van der Waals surface area contributed by atoms with E-state index in [1.165, 1.54) is 38.1 Å². The molecule has 1 aliphatic rings. The Morgan fingerprint density at radius 1 is 1.50 bits per heavy atom. The Bertz CT molecular complexity index is 311. The summed E-state index contributed by atoms with van der Waals surface area (Å²) in [6, 6.07) is 0.719. The van der Waals surface area contributed by atoms with Crippen LogP contribution in [0.25, 0.3) is 0 Å². The van der Waals surface area contributed by atoms with Crippen LogP contribution < -0.4 is 5.32 Å². The fourth-order valence-electron chi connectivity index (χ4n) is 2.48. The quantitative estimate of drug-likeness (QED) is 0.846. The smallest absolute Gasteiger partial charge is 0.111 e. The Morgan fingerprint density at radius 3 is 3.06 bits per heavy atom. The summed E-state index contributed by atoms with van der Waals surface area (Å²) in [6.45, 7) is 6.71. The van der Waals surface area contributed by atoms with E-state index in [-0.39, 0.29) is 0 Å². The van der Waals surface area contributed by atoms with Gasteiger partial charge in [-0.3, -0.25) is 0 Å². The number of nitrogens with one attached hydrogen (secondary N) is 1. The van der Waals surface area contributed by atoms with E-state index in [0.29, 0.717) is 5.92 Å². The predicted molar refractivity (Wildman–Crippen MR) is 66.6 cm³/mol. The Balaban J connectivity index is 1.86. The summed E-state index contributed by atoms with van der Waals surface area (Å²) in [5.74, 6) is 1.74. The lowest BCUT2D eigenvalue weighted by Crippen LogP contribution is -2.34. The Hall–Kier alpha value is -0.830. The van der Waals surface area contributed by atoms with Gasteiger partial charge < -0.3 is 9.88 Å². The first-order valence-corrected chi connectivity index (χ1v) is 6.52. The summed E-state index contributed by atoms with van der Waals surface area (Å²) in [5.41, 5.74) is 0. The number of rotatable bonds is 4. The molecule has 2 rings (SSSR count). The van der Waals surface area contributed by atoms with Crippen LogP contribution in [0.15, 0.2) is 12.4 Å². The van der Waals surface area contributed by atoms with E-state index >= 15 is 0 Å². The van der Waals surface area contributed by atoms with E-state index in [4.69, 9.17) is 0 Å². The molecule has 3 nitrogen and oxygen atoms in total. The first kappa shape index (κ1) is 11.6. The second-order valence-electron chi connectivity index (χ2n) is 5.07. The third-order valence-electron chi connectivity index (χ3n) is 3.39. The zero-order chi connectivity index (χ0) is 11.4. The minimum Gasteiger partial charge on any atom is -0.335 e. The highest BCUT2D eigenvalue weighted by Crippen LogP contribution is 2.15. The first-order valence-electron chi connectivity index (χ1n) is 6.52. The van der Waals surface area contributed by atoms with Gasteiger partial charge in [-0.2, -0.15) is 0 Å². The molecule has 0 amide bonds. The van der Waals surface area contributed by atoms with Gasteiger partial charge in [-0.05, 0) is 25.8 Å². The third-order valence-corrected chi connectivity index (χ3v) is 3.39. The molecule has 1 saturated heterocycles. The molecule has 16 heavy (non-hydrogen) atoms. The van der Waals surface area contributed by atoms with Crippen molar-refractivity contribution in [3.63, 3.8) is 0 Å². The summed E-state index contributed by atoms with van der Waals surface area (Å²) < 4.78 is 2.31. The topological polar surface area (TPSA) is 29.9 Å². The molecule has 2 heterocycles. The van der Waals surface area contributed by atoms with Gasteiger partial charge in [-0.25, -0.2) is 4.98 Å². The van der Waals surface area contributed by atoms with E-state index in [2.05, 4.69) is 34.9 Å². The molecule has 90 valence electrons. The highest BCUT2D eigenvalue weighted by Gasteiger charge is 2.13. The zero-order valence-corrected chi connectivity index (χ0v) is 10.4. The van der Waals surface area contributed by atoms with Crippen molar-refractivity contribution >= 4 is 0 Å². The van der Waals surface area contributed by atoms with Crippen LogP contribution in [0.5, 0.6) is 0 Å². The van der Waals surface area contributed by atoms with E-state index in [0.717, 1.165) is 12.6 Å². The lowest BCUT2D eigenvalue weighted by atomic mass is 10.0. The summed E-state index contributed by atoms with van der Waals surface area (Å²) in [7, 11) is 0. The number of hydrogen-bond acceptors (Lipinski definition) is 2. The highest BCUT2D eigenvalue weighted by molar-refractivity contribution is 4.97. The van der Waals surface area contributed by atoms with Crippen molar-refractivity contribution in [1.82, 2.24) is 14.9 Å². The maximum Gasteiger partial charge on any atom is 0.111 e. The monoisotopic (exact) mass is 221 g/mol. The van der Waals surface area contributed by atoms with Crippen LogP contribution in [0.2, 0.25) is 0 Å². The van der Waals surface area contributed by atoms with Crippen LogP contribution in [0.4, 0.5) is 0 Å². The second-order valence-corrected chi connectivity index (χ2v) is 5.07. The molecule has 1 unspecified atom stereocenters. The summed E-state index contributed by atoms with van der Waals surface area (Å²) in [4.78, 5) is 4.42. The molecule has 0 saturated carbocycles. The molecular weight excluding hydrogens is 198 g/mol. The van der Waals surface area contributed by atoms with Gasteiger partial charge in [0.25, 0.3) is 0 Å². The van der Waals surface area contributed by atoms with Crippen molar-refractivity contribution in [2.45, 2.75) is 58.0 Å². The molecule has 0 aliphatic carbocycles. The Morgan fingerprint density at radius 2 is 2.38 bits per heavy atom. The van der Waals surface area contributed by atoms with Gasteiger partial charge in [0, 0.05) is 30.9 Å². The molecule has 3 heteroatoms. The molecule has 1 aliphatic heterocycles. The van der Waals surface area contributed by atoms with Gasteiger partial charge >= 0.3 is 0 Å². The van der Waals surface area contributed by atoms with Crippen LogP contribution in [-0.4, -0.2) is 22.1 Å². The van der Waals surface area contributed by atoms with Crippen molar-refractivity contribution in [2.75, 3.05) is 6.54 Å². The summed E-state index contributed by atoms with van der Waals surface area (Å²) in [5, 5.41) is 3.60. The molecule has 1 fully saturated rings. The maximum atomic E-state index is 4.42.